The largest absolute Gasteiger partial charge is 0.235 e. The molecule has 0 aliphatic heterocycles. The van der Waals surface area contributed by atoms with Gasteiger partial charge in [-0.05, 0) is 18.8 Å². The van der Waals surface area contributed by atoms with Gasteiger partial charge in [-0.2, -0.15) is 0 Å². The first-order valence-electron chi connectivity index (χ1n) is 3.56. The number of hydrogen-bond donors (Lipinski definition) is 0. The van der Waals surface area contributed by atoms with Crippen LogP contribution in [0.25, 0.3) is 0 Å². The molecule has 1 fully saturated rings. The maximum Gasteiger partial charge on any atom is 0.235 e. The first-order valence-corrected chi connectivity index (χ1v) is 3.56. The Balaban J connectivity index is 2.26. The molecule has 10 heavy (non-hydrogen) atoms. The quantitative estimate of drug-likeness (QED) is 0.330. The second kappa shape index (κ2) is 3.33. The maximum absolute atomic E-state index is 9.71. The highest BCUT2D eigenvalue weighted by Crippen LogP contribution is 2.31. The van der Waals surface area contributed by atoms with Crippen LogP contribution in [0.5, 0.6) is 0 Å². The third kappa shape index (κ3) is 1.55. The molecular weight excluding hydrogens is 126 g/mol. The lowest BCUT2D eigenvalue weighted by Gasteiger charge is -2.26. The normalized spacial score (nSPS) is 17.2. The van der Waals surface area contributed by atoms with Crippen LogP contribution in [0.4, 0.5) is 0 Å². The van der Waals surface area contributed by atoms with E-state index in [1.807, 2.05) is 0 Å². The van der Waals surface area contributed by atoms with Crippen molar-refractivity contribution < 1.29 is 4.79 Å². The van der Waals surface area contributed by atoms with E-state index in [1.165, 1.54) is 25.3 Å². The van der Waals surface area contributed by atoms with Crippen molar-refractivity contribution in [1.82, 2.24) is 0 Å². The minimum atomic E-state index is 0.480. The Morgan fingerprint density at radius 3 is 2.80 bits per heavy atom. The molecule has 1 aliphatic carbocycles. The van der Waals surface area contributed by atoms with Gasteiger partial charge in [-0.3, -0.25) is 0 Å². The van der Waals surface area contributed by atoms with Crippen molar-refractivity contribution in [1.29, 1.82) is 0 Å². The molecule has 0 saturated heterocycles. The predicted octanol–water partition coefficient (Wildman–Crippen LogP) is 1.68. The molecule has 0 spiro atoms. The van der Waals surface area contributed by atoms with Crippen LogP contribution in [0.15, 0.2) is 17.1 Å². The van der Waals surface area contributed by atoms with E-state index >= 15 is 0 Å². The summed E-state index contributed by atoms with van der Waals surface area (Å²) < 4.78 is 0. The van der Waals surface area contributed by atoms with Gasteiger partial charge in [0.2, 0.25) is 6.08 Å². The molecule has 0 unspecified atom stereocenters. The lowest BCUT2D eigenvalue weighted by atomic mass is 9.80. The van der Waals surface area contributed by atoms with Crippen molar-refractivity contribution in [3.05, 3.63) is 12.2 Å². The zero-order chi connectivity index (χ0) is 7.40. The van der Waals surface area contributed by atoms with Gasteiger partial charge in [0.1, 0.15) is 0 Å². The number of hydrogen-bond acceptors (Lipinski definition) is 2. The maximum atomic E-state index is 9.71. The Morgan fingerprint density at radius 1 is 1.70 bits per heavy atom. The monoisotopic (exact) mass is 137 g/mol. The highest BCUT2D eigenvalue weighted by atomic mass is 16.1. The van der Waals surface area contributed by atoms with Crippen molar-refractivity contribution >= 4 is 6.08 Å². The molecule has 0 aromatic heterocycles. The molecule has 1 saturated carbocycles. The Bertz CT molecular complexity index is 176. The number of carbonyl (C=O) groups excluding carboxylic acids is 1. The van der Waals surface area contributed by atoms with Crippen molar-refractivity contribution in [3.8, 4) is 0 Å². The summed E-state index contributed by atoms with van der Waals surface area (Å²) >= 11 is 0. The SMILES string of the molecule is C=C(CN=C=O)C1CCC1. The van der Waals surface area contributed by atoms with Crippen molar-refractivity contribution in [2.24, 2.45) is 10.9 Å². The van der Waals surface area contributed by atoms with Crippen LogP contribution >= 0.6 is 0 Å². The molecule has 0 radical (unpaired) electrons. The summed E-state index contributed by atoms with van der Waals surface area (Å²) in [5.74, 6) is 0.636. The third-order valence-electron chi connectivity index (χ3n) is 2.03. The van der Waals surface area contributed by atoms with E-state index in [1.54, 1.807) is 0 Å². The van der Waals surface area contributed by atoms with Crippen LogP contribution in [0.1, 0.15) is 19.3 Å². The molecule has 0 amide bonds. The Hall–Kier alpha value is -0.880. The van der Waals surface area contributed by atoms with E-state index < -0.39 is 0 Å². The van der Waals surface area contributed by atoms with Gasteiger partial charge in [0.05, 0.1) is 6.54 Å². The van der Waals surface area contributed by atoms with E-state index in [-0.39, 0.29) is 0 Å². The third-order valence-corrected chi connectivity index (χ3v) is 2.03. The highest BCUT2D eigenvalue weighted by Gasteiger charge is 2.19. The smallest absolute Gasteiger partial charge is 0.211 e. The number of aliphatic imine (C=N–C) groups is 1. The molecule has 2 heteroatoms. The number of rotatable bonds is 3. The zero-order valence-corrected chi connectivity index (χ0v) is 5.97. The zero-order valence-electron chi connectivity index (χ0n) is 5.97. The van der Waals surface area contributed by atoms with Crippen molar-refractivity contribution in [2.75, 3.05) is 6.54 Å². The van der Waals surface area contributed by atoms with Crippen molar-refractivity contribution in [3.63, 3.8) is 0 Å². The minimum absolute atomic E-state index is 0.480. The minimum Gasteiger partial charge on any atom is -0.211 e. The fourth-order valence-electron chi connectivity index (χ4n) is 1.08. The summed E-state index contributed by atoms with van der Waals surface area (Å²) in [7, 11) is 0. The topological polar surface area (TPSA) is 29.4 Å². The average Bonchev–Trinajstić information content (AvgIpc) is 1.79. The molecule has 0 N–H and O–H groups in total. The molecule has 0 bridgehead atoms. The summed E-state index contributed by atoms with van der Waals surface area (Å²) in [4.78, 5) is 13.2. The molecule has 54 valence electrons. The number of nitrogens with zero attached hydrogens (tertiary/aromatic N) is 1. The van der Waals surface area contributed by atoms with Gasteiger partial charge in [0.15, 0.2) is 0 Å². The van der Waals surface area contributed by atoms with Crippen molar-refractivity contribution in [2.45, 2.75) is 19.3 Å². The molecule has 0 aromatic rings. The van der Waals surface area contributed by atoms with Crippen LogP contribution in [-0.4, -0.2) is 12.6 Å². The Labute approximate surface area is 60.7 Å². The summed E-state index contributed by atoms with van der Waals surface area (Å²) in [6, 6.07) is 0. The summed E-state index contributed by atoms with van der Waals surface area (Å²) in [5.41, 5.74) is 1.09. The van der Waals surface area contributed by atoms with Crippen LogP contribution < -0.4 is 0 Å². The van der Waals surface area contributed by atoms with Gasteiger partial charge in [-0.1, -0.05) is 18.6 Å². The van der Waals surface area contributed by atoms with Gasteiger partial charge in [0.25, 0.3) is 0 Å². The van der Waals surface area contributed by atoms with Gasteiger partial charge < -0.3 is 0 Å². The van der Waals surface area contributed by atoms with Crippen LogP contribution in [0, 0.1) is 5.92 Å². The Morgan fingerprint density at radius 2 is 2.40 bits per heavy atom. The summed E-state index contributed by atoms with van der Waals surface area (Å²) in [6.07, 6.45) is 5.27. The van der Waals surface area contributed by atoms with Gasteiger partial charge >= 0.3 is 0 Å². The number of isocyanates is 1. The highest BCUT2D eigenvalue weighted by molar-refractivity contribution is 5.34. The lowest BCUT2D eigenvalue weighted by Crippen LogP contribution is -2.14. The molecule has 0 heterocycles. The first kappa shape index (κ1) is 7.23. The van der Waals surface area contributed by atoms with Gasteiger partial charge in [0, 0.05) is 0 Å². The second-order valence-electron chi connectivity index (χ2n) is 2.69. The summed E-state index contributed by atoms with van der Waals surface area (Å²) in [6.45, 7) is 4.32. The molecule has 2 nitrogen and oxygen atoms in total. The van der Waals surface area contributed by atoms with Crippen LogP contribution in [0.2, 0.25) is 0 Å². The van der Waals surface area contributed by atoms with E-state index in [4.69, 9.17) is 0 Å². The summed E-state index contributed by atoms with van der Waals surface area (Å²) in [5, 5.41) is 0. The lowest BCUT2D eigenvalue weighted by molar-refractivity contribution is 0.365. The van der Waals surface area contributed by atoms with Crippen LogP contribution in [0.3, 0.4) is 0 Å². The molecule has 0 aromatic carbocycles. The van der Waals surface area contributed by atoms with Gasteiger partial charge in [-0.25, -0.2) is 9.79 Å². The molecule has 0 atom stereocenters. The van der Waals surface area contributed by atoms with Gasteiger partial charge in [-0.15, -0.1) is 0 Å². The molecule has 1 aliphatic rings. The second-order valence-corrected chi connectivity index (χ2v) is 2.69. The van der Waals surface area contributed by atoms with Crippen LogP contribution in [-0.2, 0) is 4.79 Å². The van der Waals surface area contributed by atoms with E-state index in [2.05, 4.69) is 11.6 Å². The fourth-order valence-corrected chi connectivity index (χ4v) is 1.08. The predicted molar refractivity (Wildman–Crippen MR) is 39.5 cm³/mol. The average molecular weight is 137 g/mol. The van der Waals surface area contributed by atoms with E-state index in [0.717, 1.165) is 5.57 Å². The molecular formula is C8H11NO. The Kier molecular flexibility index (Phi) is 2.41. The standard InChI is InChI=1S/C8H11NO/c1-7(5-9-6-10)8-3-2-4-8/h8H,1-5H2. The fraction of sp³-hybridized carbons (Fsp3) is 0.625. The molecule has 1 rings (SSSR count). The van der Waals surface area contributed by atoms with E-state index in [9.17, 15) is 4.79 Å². The van der Waals surface area contributed by atoms with E-state index in [0.29, 0.717) is 12.5 Å². The first-order chi connectivity index (χ1) is 4.84.